The number of carbonyl (C=O) groups is 2. The van der Waals surface area contributed by atoms with Crippen molar-refractivity contribution in [3.05, 3.63) is 67.5 Å². The predicted molar refractivity (Wildman–Crippen MR) is 128 cm³/mol. The Hall–Kier alpha value is -3.57. The van der Waals surface area contributed by atoms with Crippen molar-refractivity contribution in [2.45, 2.75) is 69.8 Å². The Morgan fingerprint density at radius 3 is 2.42 bits per heavy atom. The van der Waals surface area contributed by atoms with Gasteiger partial charge in [-0.05, 0) is 62.6 Å². The maximum absolute atomic E-state index is 13.8. The zero-order chi connectivity index (χ0) is 27.2. The van der Waals surface area contributed by atoms with E-state index in [1.807, 2.05) is 0 Å². The van der Waals surface area contributed by atoms with Crippen molar-refractivity contribution in [1.29, 1.82) is 0 Å². The summed E-state index contributed by atoms with van der Waals surface area (Å²) in [5.74, 6) is -0.893. The van der Waals surface area contributed by atoms with E-state index in [-0.39, 0.29) is 54.3 Å². The van der Waals surface area contributed by atoms with Crippen LogP contribution in [0.3, 0.4) is 0 Å². The lowest BCUT2D eigenvalue weighted by molar-refractivity contribution is -0.138. The normalized spacial score (nSPS) is 23.3. The van der Waals surface area contributed by atoms with Gasteiger partial charge in [0.2, 0.25) is 0 Å². The van der Waals surface area contributed by atoms with E-state index in [4.69, 9.17) is 9.47 Å². The van der Waals surface area contributed by atoms with Crippen molar-refractivity contribution >= 4 is 12.1 Å². The summed E-state index contributed by atoms with van der Waals surface area (Å²) in [5.41, 5.74) is -2.37. The molecule has 0 radical (unpaired) electrons. The van der Waals surface area contributed by atoms with Crippen molar-refractivity contribution in [3.8, 4) is 0 Å². The highest BCUT2D eigenvalue weighted by molar-refractivity contribution is 5.88. The molecule has 1 amide bonds. The van der Waals surface area contributed by atoms with Gasteiger partial charge in [0.25, 0.3) is 5.56 Å². The molecule has 12 heteroatoms. The van der Waals surface area contributed by atoms with E-state index >= 15 is 0 Å². The Morgan fingerprint density at radius 2 is 1.79 bits per heavy atom. The smallest absolute Gasteiger partial charge is 0.416 e. The van der Waals surface area contributed by atoms with Crippen LogP contribution in [0.2, 0.25) is 0 Å². The van der Waals surface area contributed by atoms with Crippen LogP contribution in [-0.4, -0.2) is 51.9 Å². The Labute approximate surface area is 215 Å². The van der Waals surface area contributed by atoms with Gasteiger partial charge >= 0.3 is 23.9 Å². The van der Waals surface area contributed by atoms with Gasteiger partial charge in [-0.3, -0.25) is 13.9 Å². The number of hydrogen-bond acceptors (Lipinski definition) is 6. The summed E-state index contributed by atoms with van der Waals surface area (Å²) < 4.78 is 53.3. The number of benzene rings is 1. The van der Waals surface area contributed by atoms with Gasteiger partial charge in [0.15, 0.2) is 0 Å². The van der Waals surface area contributed by atoms with Crippen molar-refractivity contribution in [1.82, 2.24) is 14.0 Å². The molecular weight excluding hydrogens is 507 g/mol. The third-order valence-electron chi connectivity index (χ3n) is 7.79. The van der Waals surface area contributed by atoms with Gasteiger partial charge in [0.1, 0.15) is 12.2 Å². The average molecular weight is 536 g/mol. The number of aromatic nitrogens is 2. The molecule has 0 unspecified atom stereocenters. The number of ether oxygens (including phenoxy) is 2. The highest BCUT2D eigenvalue weighted by Gasteiger charge is 2.39. The fourth-order valence-electron chi connectivity index (χ4n) is 6.03. The van der Waals surface area contributed by atoms with Crippen LogP contribution in [0.1, 0.15) is 78.2 Å². The summed E-state index contributed by atoms with van der Waals surface area (Å²) in [7, 11) is 0. The number of rotatable bonds is 5. The van der Waals surface area contributed by atoms with Gasteiger partial charge < -0.3 is 14.4 Å². The SMILES string of the molecule is CCOC(=O)c1cn([C@H]2CC[C@H](N3CCOC3=O)CC2)c(=O)n([C@@H]2CCc3c2cccc3C(F)(F)F)c1=O. The third-order valence-corrected chi connectivity index (χ3v) is 7.79. The summed E-state index contributed by atoms with van der Waals surface area (Å²) in [6.45, 7) is 2.44. The largest absolute Gasteiger partial charge is 0.462 e. The van der Waals surface area contributed by atoms with Crippen molar-refractivity contribution in [2.75, 3.05) is 19.8 Å². The van der Waals surface area contributed by atoms with Crippen molar-refractivity contribution in [3.63, 3.8) is 0 Å². The molecule has 1 atom stereocenters. The van der Waals surface area contributed by atoms with E-state index in [0.29, 0.717) is 38.8 Å². The summed E-state index contributed by atoms with van der Waals surface area (Å²) in [6.07, 6.45) is -1.34. The molecule has 2 aliphatic carbocycles. The minimum absolute atomic E-state index is 0.00957. The quantitative estimate of drug-likeness (QED) is 0.542. The van der Waals surface area contributed by atoms with E-state index in [1.54, 1.807) is 11.8 Å². The maximum Gasteiger partial charge on any atom is 0.416 e. The standard InChI is InChI=1S/C26H28F3N3O6/c1-2-37-23(34)19-14-31(16-8-6-15(7-9-16)30-12-13-38-25(30)36)24(35)32(22(19)33)21-11-10-17-18(21)4-3-5-20(17)26(27,28)29/h3-5,14-16,21H,2,6-13H2,1H3/t15-,16-,21-/m1/s1. The molecule has 38 heavy (non-hydrogen) atoms. The van der Waals surface area contributed by atoms with Crippen LogP contribution >= 0.6 is 0 Å². The van der Waals surface area contributed by atoms with Crippen molar-refractivity contribution in [2.24, 2.45) is 0 Å². The van der Waals surface area contributed by atoms with Crippen LogP contribution in [0.4, 0.5) is 18.0 Å². The molecule has 3 aliphatic rings. The summed E-state index contributed by atoms with van der Waals surface area (Å²) in [6, 6.07) is 2.42. The molecule has 2 aromatic rings. The number of amides is 1. The molecule has 0 N–H and O–H groups in total. The molecular formula is C26H28F3N3O6. The molecule has 2 fully saturated rings. The Bertz CT molecular complexity index is 1370. The molecule has 1 saturated carbocycles. The molecule has 204 valence electrons. The monoisotopic (exact) mass is 535 g/mol. The number of esters is 1. The number of halogens is 3. The Morgan fingerprint density at radius 1 is 1.08 bits per heavy atom. The topological polar surface area (TPSA) is 99.8 Å². The molecule has 9 nitrogen and oxygen atoms in total. The Balaban J connectivity index is 1.55. The second-order valence-corrected chi connectivity index (χ2v) is 9.82. The molecule has 1 aromatic heterocycles. The molecule has 1 aromatic carbocycles. The van der Waals surface area contributed by atoms with Crippen molar-refractivity contribution < 1.29 is 32.2 Å². The minimum Gasteiger partial charge on any atom is -0.462 e. The molecule has 5 rings (SSSR count). The lowest BCUT2D eigenvalue weighted by atomic mass is 9.90. The van der Waals surface area contributed by atoms with Gasteiger partial charge in [-0.25, -0.2) is 14.4 Å². The van der Waals surface area contributed by atoms with Gasteiger partial charge in [-0.15, -0.1) is 0 Å². The average Bonchev–Trinajstić information content (AvgIpc) is 3.50. The first kappa shape index (κ1) is 26.1. The van der Waals surface area contributed by atoms with Crippen LogP contribution in [0.15, 0.2) is 34.0 Å². The zero-order valence-corrected chi connectivity index (χ0v) is 20.8. The molecule has 0 bridgehead atoms. The maximum atomic E-state index is 13.8. The van der Waals surface area contributed by atoms with Gasteiger partial charge in [0, 0.05) is 18.3 Å². The fraction of sp³-hybridized carbons (Fsp3) is 0.538. The van der Waals surface area contributed by atoms with Crippen LogP contribution in [0, 0.1) is 0 Å². The summed E-state index contributed by atoms with van der Waals surface area (Å²) in [4.78, 5) is 53.6. The Kier molecular flexibility index (Phi) is 6.83. The van der Waals surface area contributed by atoms with E-state index in [9.17, 15) is 32.3 Å². The second kappa shape index (κ2) is 9.95. The van der Waals surface area contributed by atoms with E-state index in [2.05, 4.69) is 0 Å². The first-order valence-electron chi connectivity index (χ1n) is 12.8. The van der Waals surface area contributed by atoms with Crippen LogP contribution < -0.4 is 11.2 Å². The second-order valence-electron chi connectivity index (χ2n) is 9.82. The first-order valence-corrected chi connectivity index (χ1v) is 12.8. The van der Waals surface area contributed by atoms with Crippen LogP contribution in [0.5, 0.6) is 0 Å². The molecule has 0 spiro atoms. The first-order chi connectivity index (χ1) is 18.1. The number of hydrogen-bond donors (Lipinski definition) is 0. The number of fused-ring (bicyclic) bond motifs is 1. The number of nitrogens with zero attached hydrogens (tertiary/aromatic N) is 3. The lowest BCUT2D eigenvalue weighted by Crippen LogP contribution is -2.47. The fourth-order valence-corrected chi connectivity index (χ4v) is 6.03. The van der Waals surface area contributed by atoms with Gasteiger partial charge in [-0.2, -0.15) is 13.2 Å². The predicted octanol–water partition coefficient (Wildman–Crippen LogP) is 3.68. The summed E-state index contributed by atoms with van der Waals surface area (Å²) >= 11 is 0. The molecule has 1 saturated heterocycles. The van der Waals surface area contributed by atoms with Gasteiger partial charge in [0.05, 0.1) is 24.8 Å². The van der Waals surface area contributed by atoms with E-state index < -0.39 is 35.0 Å². The van der Waals surface area contributed by atoms with Crippen LogP contribution in [0.25, 0.3) is 0 Å². The molecule has 1 aliphatic heterocycles. The summed E-state index contributed by atoms with van der Waals surface area (Å²) in [5, 5.41) is 0. The minimum atomic E-state index is -4.57. The van der Waals surface area contributed by atoms with E-state index in [0.717, 1.165) is 10.6 Å². The van der Waals surface area contributed by atoms with E-state index in [1.165, 1.54) is 22.9 Å². The highest BCUT2D eigenvalue weighted by atomic mass is 19.4. The highest BCUT2D eigenvalue weighted by Crippen LogP contribution is 2.41. The number of alkyl halides is 3. The number of cyclic esters (lactones) is 1. The third kappa shape index (κ3) is 4.49. The zero-order valence-electron chi connectivity index (χ0n) is 20.8. The number of carbonyl (C=O) groups excluding carboxylic acids is 2. The lowest BCUT2D eigenvalue weighted by Gasteiger charge is -2.34. The van der Waals surface area contributed by atoms with Crippen LogP contribution in [-0.2, 0) is 22.1 Å². The van der Waals surface area contributed by atoms with Gasteiger partial charge in [-0.1, -0.05) is 12.1 Å². The molecule has 2 heterocycles.